The van der Waals surface area contributed by atoms with Gasteiger partial charge in [0.1, 0.15) is 5.75 Å². The molecule has 0 aliphatic carbocycles. The van der Waals surface area contributed by atoms with Crippen molar-refractivity contribution in [3.63, 3.8) is 0 Å². The van der Waals surface area contributed by atoms with Gasteiger partial charge in [-0.25, -0.2) is 18.2 Å². The van der Waals surface area contributed by atoms with Crippen LogP contribution < -0.4 is 4.74 Å². The van der Waals surface area contributed by atoms with Crippen LogP contribution in [0.5, 0.6) is 5.75 Å². The second-order valence-electron chi connectivity index (χ2n) is 8.39. The number of halogens is 3. The van der Waals surface area contributed by atoms with Crippen molar-refractivity contribution in [3.8, 4) is 11.4 Å². The summed E-state index contributed by atoms with van der Waals surface area (Å²) in [5.41, 5.74) is 3.15. The van der Waals surface area contributed by atoms with E-state index in [1.54, 1.807) is 19.5 Å². The Balaban J connectivity index is 1.64. The third kappa shape index (κ3) is 5.09. The number of likely N-dealkylation sites (tertiary alicyclic amines) is 1. The van der Waals surface area contributed by atoms with Crippen molar-refractivity contribution in [3.05, 3.63) is 82.7 Å². The minimum atomic E-state index is -1.54. The highest BCUT2D eigenvalue weighted by atomic mass is 19.2. The topological polar surface area (TPSA) is 56.6 Å². The van der Waals surface area contributed by atoms with Gasteiger partial charge in [-0.3, -0.25) is 4.79 Å². The van der Waals surface area contributed by atoms with Gasteiger partial charge in [0, 0.05) is 25.4 Å². The third-order valence-corrected chi connectivity index (χ3v) is 6.01. The molecular formula is C26H26F3N3O3. The lowest BCUT2D eigenvalue weighted by Crippen LogP contribution is -2.41. The Labute approximate surface area is 201 Å². The molecule has 1 aromatic heterocycles. The first-order valence-corrected chi connectivity index (χ1v) is 11.2. The molecule has 1 saturated heterocycles. The summed E-state index contributed by atoms with van der Waals surface area (Å²) >= 11 is 0. The molecule has 1 atom stereocenters. The van der Waals surface area contributed by atoms with Crippen LogP contribution >= 0.6 is 0 Å². The largest absolute Gasteiger partial charge is 0.495 e. The summed E-state index contributed by atoms with van der Waals surface area (Å²) in [6, 6.07) is 6.66. The number of carbonyl (C=O) groups is 1. The number of ether oxygens (including phenoxy) is 2. The second-order valence-corrected chi connectivity index (χ2v) is 8.39. The molecule has 0 N–H and O–H groups in total. The molecule has 9 heteroatoms. The summed E-state index contributed by atoms with van der Waals surface area (Å²) in [6.45, 7) is 2.29. The molecule has 1 amide bonds. The summed E-state index contributed by atoms with van der Waals surface area (Å²) in [7, 11) is 3.01. The van der Waals surface area contributed by atoms with E-state index in [0.717, 1.165) is 29.1 Å². The lowest BCUT2D eigenvalue weighted by molar-refractivity contribution is -0.132. The molecule has 0 saturated carbocycles. The first-order chi connectivity index (χ1) is 16.8. The quantitative estimate of drug-likeness (QED) is 0.349. The van der Waals surface area contributed by atoms with Gasteiger partial charge in [0.2, 0.25) is 5.91 Å². The summed E-state index contributed by atoms with van der Waals surface area (Å²) in [5.74, 6) is -3.80. The van der Waals surface area contributed by atoms with Gasteiger partial charge in [-0.2, -0.15) is 0 Å². The van der Waals surface area contributed by atoms with E-state index in [4.69, 9.17) is 9.47 Å². The molecule has 0 spiro atoms. The van der Waals surface area contributed by atoms with E-state index >= 15 is 0 Å². The van der Waals surface area contributed by atoms with Crippen molar-refractivity contribution in [1.29, 1.82) is 0 Å². The van der Waals surface area contributed by atoms with Crippen LogP contribution in [0, 0.1) is 24.4 Å². The minimum Gasteiger partial charge on any atom is -0.495 e. The Morgan fingerprint density at radius 1 is 1.14 bits per heavy atom. The fourth-order valence-corrected chi connectivity index (χ4v) is 4.31. The average Bonchev–Trinajstić information content (AvgIpc) is 3.28. The molecule has 1 fully saturated rings. The highest BCUT2D eigenvalue weighted by molar-refractivity contribution is 5.98. The summed E-state index contributed by atoms with van der Waals surface area (Å²) in [5, 5.41) is 0. The molecule has 1 aliphatic heterocycles. The Morgan fingerprint density at radius 2 is 1.89 bits per heavy atom. The standard InChI is InChI=1S/C26H26F3N3O3/c1-16-13-31(15-30-16)22-7-6-17(10-24(22)35-3)9-18-5-4-8-32(26(18)33)23(14-34-2)19-11-20(27)25(29)21(28)12-19/h6-7,9-13,15,23H,4-5,8,14H2,1-3H3/t23-/m1/s1. The Hall–Kier alpha value is -3.59. The van der Waals surface area contributed by atoms with Crippen LogP contribution in [0.4, 0.5) is 13.2 Å². The van der Waals surface area contributed by atoms with E-state index in [1.807, 2.05) is 35.9 Å². The molecule has 0 bridgehead atoms. The zero-order chi connectivity index (χ0) is 25.1. The average molecular weight is 486 g/mol. The second kappa shape index (κ2) is 10.4. The number of piperidine rings is 1. The van der Waals surface area contributed by atoms with Crippen LogP contribution in [-0.4, -0.2) is 47.7 Å². The van der Waals surface area contributed by atoms with Gasteiger partial charge in [0.25, 0.3) is 0 Å². The molecular weight excluding hydrogens is 459 g/mol. The molecule has 184 valence electrons. The fourth-order valence-electron chi connectivity index (χ4n) is 4.31. The number of amides is 1. The smallest absolute Gasteiger partial charge is 0.250 e. The van der Waals surface area contributed by atoms with Gasteiger partial charge in [0.15, 0.2) is 17.5 Å². The van der Waals surface area contributed by atoms with Crippen LogP contribution in [0.15, 0.2) is 48.4 Å². The Bertz CT molecular complexity index is 1250. The number of nitrogens with zero attached hydrogens (tertiary/aromatic N) is 3. The van der Waals surface area contributed by atoms with Crippen molar-refractivity contribution >= 4 is 12.0 Å². The number of carbonyl (C=O) groups excluding carboxylic acids is 1. The molecule has 1 aliphatic rings. The fraction of sp³-hybridized carbons (Fsp3) is 0.308. The minimum absolute atomic E-state index is 0.0103. The molecule has 0 unspecified atom stereocenters. The van der Waals surface area contributed by atoms with Crippen LogP contribution in [0.2, 0.25) is 0 Å². The molecule has 35 heavy (non-hydrogen) atoms. The van der Waals surface area contributed by atoms with Crippen molar-refractivity contribution in [1.82, 2.24) is 14.5 Å². The summed E-state index contributed by atoms with van der Waals surface area (Å²) in [6.07, 6.45) is 6.58. The lowest BCUT2D eigenvalue weighted by atomic mass is 9.96. The van der Waals surface area contributed by atoms with E-state index in [0.29, 0.717) is 30.7 Å². The Morgan fingerprint density at radius 3 is 2.51 bits per heavy atom. The monoisotopic (exact) mass is 485 g/mol. The first kappa shape index (κ1) is 24.5. The van der Waals surface area contributed by atoms with Crippen molar-refractivity contribution in [2.45, 2.75) is 25.8 Å². The van der Waals surface area contributed by atoms with Crippen LogP contribution in [0.1, 0.15) is 35.7 Å². The SMILES string of the molecule is COC[C@H](c1cc(F)c(F)c(F)c1)N1CCCC(=Cc2ccc(-n3cnc(C)c3)c(OC)c2)C1=O. The van der Waals surface area contributed by atoms with Gasteiger partial charge in [-0.05, 0) is 61.2 Å². The predicted molar refractivity (Wildman–Crippen MR) is 125 cm³/mol. The van der Waals surface area contributed by atoms with Gasteiger partial charge >= 0.3 is 0 Å². The molecule has 2 heterocycles. The summed E-state index contributed by atoms with van der Waals surface area (Å²) < 4.78 is 54.0. The van der Waals surface area contributed by atoms with E-state index < -0.39 is 23.5 Å². The normalized spacial score (nSPS) is 16.1. The van der Waals surface area contributed by atoms with Gasteiger partial charge in [-0.1, -0.05) is 6.07 Å². The van der Waals surface area contributed by atoms with Crippen LogP contribution in [0.3, 0.4) is 0 Å². The highest BCUT2D eigenvalue weighted by Crippen LogP contribution is 2.32. The van der Waals surface area contributed by atoms with Crippen molar-refractivity contribution in [2.75, 3.05) is 27.4 Å². The van der Waals surface area contributed by atoms with Gasteiger partial charge in [-0.15, -0.1) is 0 Å². The third-order valence-electron chi connectivity index (χ3n) is 6.01. The number of hydrogen-bond acceptors (Lipinski definition) is 4. The van der Waals surface area contributed by atoms with E-state index in [2.05, 4.69) is 4.98 Å². The number of imidazole rings is 1. The molecule has 4 rings (SSSR count). The molecule has 3 aromatic rings. The number of hydrogen-bond donors (Lipinski definition) is 0. The van der Waals surface area contributed by atoms with Crippen LogP contribution in [0.25, 0.3) is 11.8 Å². The zero-order valence-corrected chi connectivity index (χ0v) is 19.7. The number of benzene rings is 2. The van der Waals surface area contributed by atoms with Crippen LogP contribution in [-0.2, 0) is 9.53 Å². The Kier molecular flexibility index (Phi) is 7.25. The van der Waals surface area contributed by atoms with E-state index in [1.165, 1.54) is 12.0 Å². The maximum Gasteiger partial charge on any atom is 0.250 e. The predicted octanol–water partition coefficient (Wildman–Crippen LogP) is 5.00. The number of rotatable bonds is 7. The first-order valence-electron chi connectivity index (χ1n) is 11.2. The molecule has 0 radical (unpaired) electrons. The van der Waals surface area contributed by atoms with Gasteiger partial charge in [0.05, 0.1) is 37.5 Å². The molecule has 2 aromatic carbocycles. The van der Waals surface area contributed by atoms with E-state index in [9.17, 15) is 18.0 Å². The number of aromatic nitrogens is 2. The highest BCUT2D eigenvalue weighted by Gasteiger charge is 2.31. The number of methoxy groups -OCH3 is 2. The van der Waals surface area contributed by atoms with Crippen molar-refractivity contribution < 1.29 is 27.4 Å². The maximum absolute atomic E-state index is 13.9. The van der Waals surface area contributed by atoms with Gasteiger partial charge < -0.3 is 18.9 Å². The van der Waals surface area contributed by atoms with E-state index in [-0.39, 0.29) is 18.1 Å². The molecule has 6 nitrogen and oxygen atoms in total. The number of aryl methyl sites for hydroxylation is 1. The maximum atomic E-state index is 13.9. The zero-order valence-electron chi connectivity index (χ0n) is 19.7. The summed E-state index contributed by atoms with van der Waals surface area (Å²) in [4.78, 5) is 19.2. The van der Waals surface area contributed by atoms with Crippen molar-refractivity contribution in [2.24, 2.45) is 0 Å². The lowest BCUT2D eigenvalue weighted by Gasteiger charge is -2.35.